The highest BCUT2D eigenvalue weighted by atomic mass is 79.9. The standard InChI is InChI=1S/C11H10Br/c1-7-6-9-4-3-5-10(12)11(9)8(7)2/h3-6H,1-2H3. The summed E-state index contributed by atoms with van der Waals surface area (Å²) in [6.45, 7) is 4.32. The van der Waals surface area contributed by atoms with E-state index in [0.29, 0.717) is 0 Å². The van der Waals surface area contributed by atoms with Crippen molar-refractivity contribution in [3.8, 4) is 0 Å². The van der Waals surface area contributed by atoms with Gasteiger partial charge in [-0.2, -0.15) is 0 Å². The topological polar surface area (TPSA) is 0 Å². The Morgan fingerprint density at radius 3 is 2.58 bits per heavy atom. The fraction of sp³-hybridized carbons (Fsp3) is 0.182. The van der Waals surface area contributed by atoms with E-state index in [1.54, 1.807) is 0 Å². The van der Waals surface area contributed by atoms with Crippen molar-refractivity contribution in [1.29, 1.82) is 0 Å². The third kappa shape index (κ3) is 1.04. The molecule has 61 valence electrons. The summed E-state index contributed by atoms with van der Waals surface area (Å²) in [4.78, 5) is 0. The molecule has 0 saturated heterocycles. The molecular weight excluding hydrogens is 212 g/mol. The predicted octanol–water partition coefficient (Wildman–Crippen LogP) is 3.81. The number of hydrogen-bond acceptors (Lipinski definition) is 0. The van der Waals surface area contributed by atoms with Crippen molar-refractivity contribution in [1.82, 2.24) is 0 Å². The maximum Gasteiger partial charge on any atom is 0.0253 e. The molecule has 1 aliphatic rings. The Kier molecular flexibility index (Phi) is 1.84. The summed E-state index contributed by atoms with van der Waals surface area (Å²) in [6, 6.07) is 6.32. The van der Waals surface area contributed by atoms with Gasteiger partial charge in [-0.1, -0.05) is 33.6 Å². The van der Waals surface area contributed by atoms with Gasteiger partial charge in [0.15, 0.2) is 0 Å². The number of benzene rings is 1. The molecule has 0 heterocycles. The van der Waals surface area contributed by atoms with E-state index in [0.717, 1.165) is 0 Å². The van der Waals surface area contributed by atoms with E-state index in [1.165, 1.54) is 26.7 Å². The van der Waals surface area contributed by atoms with Crippen LogP contribution in [0.25, 0.3) is 5.57 Å². The smallest absolute Gasteiger partial charge is 0.0253 e. The molecule has 12 heavy (non-hydrogen) atoms. The molecule has 0 aliphatic heterocycles. The molecule has 0 spiro atoms. The number of hydrogen-bond donors (Lipinski definition) is 0. The zero-order chi connectivity index (χ0) is 8.72. The first-order valence-corrected chi connectivity index (χ1v) is 4.80. The van der Waals surface area contributed by atoms with Crippen molar-refractivity contribution >= 4 is 21.5 Å². The summed E-state index contributed by atoms with van der Waals surface area (Å²) < 4.78 is 1.20. The SMILES string of the molecule is CC1=C(C)c2c(Br)cccc2[CH]1. The Hall–Kier alpha value is -0.560. The Bertz CT molecular complexity index is 361. The molecule has 1 radical (unpaired) electrons. The van der Waals surface area contributed by atoms with E-state index < -0.39 is 0 Å². The lowest BCUT2D eigenvalue weighted by Gasteiger charge is -2.02. The van der Waals surface area contributed by atoms with Crippen LogP contribution >= 0.6 is 15.9 Å². The Morgan fingerprint density at radius 1 is 1.17 bits per heavy atom. The zero-order valence-electron chi connectivity index (χ0n) is 7.19. The van der Waals surface area contributed by atoms with Crippen LogP contribution in [0.4, 0.5) is 0 Å². The van der Waals surface area contributed by atoms with E-state index >= 15 is 0 Å². The van der Waals surface area contributed by atoms with Crippen LogP contribution in [0.5, 0.6) is 0 Å². The predicted molar refractivity (Wildman–Crippen MR) is 55.8 cm³/mol. The fourth-order valence-corrected chi connectivity index (χ4v) is 2.27. The van der Waals surface area contributed by atoms with Gasteiger partial charge >= 0.3 is 0 Å². The van der Waals surface area contributed by atoms with Gasteiger partial charge in [0.05, 0.1) is 0 Å². The lowest BCUT2D eigenvalue weighted by Crippen LogP contribution is -1.82. The van der Waals surface area contributed by atoms with Gasteiger partial charge in [0, 0.05) is 10.9 Å². The van der Waals surface area contributed by atoms with Gasteiger partial charge in [-0.25, -0.2) is 0 Å². The second-order valence-corrected chi connectivity index (χ2v) is 4.01. The molecule has 0 amide bonds. The molecule has 0 bridgehead atoms. The second kappa shape index (κ2) is 2.74. The van der Waals surface area contributed by atoms with E-state index in [9.17, 15) is 0 Å². The monoisotopic (exact) mass is 221 g/mol. The summed E-state index contributed by atoms with van der Waals surface area (Å²) in [6.07, 6.45) is 2.23. The molecule has 1 heteroatoms. The van der Waals surface area contributed by atoms with Crippen LogP contribution in [0.15, 0.2) is 28.2 Å². The average Bonchev–Trinajstić information content (AvgIpc) is 2.29. The van der Waals surface area contributed by atoms with Gasteiger partial charge in [0.2, 0.25) is 0 Å². The van der Waals surface area contributed by atoms with E-state index in [1.807, 2.05) is 0 Å². The van der Waals surface area contributed by atoms with Crippen molar-refractivity contribution in [2.24, 2.45) is 0 Å². The van der Waals surface area contributed by atoms with Crippen LogP contribution in [0, 0.1) is 6.42 Å². The van der Waals surface area contributed by atoms with Crippen LogP contribution in [-0.2, 0) is 0 Å². The lowest BCUT2D eigenvalue weighted by atomic mass is 10.1. The molecule has 1 aromatic rings. The third-order valence-electron chi connectivity index (χ3n) is 2.38. The van der Waals surface area contributed by atoms with Crippen molar-refractivity contribution in [3.05, 3.63) is 45.8 Å². The van der Waals surface area contributed by atoms with Crippen molar-refractivity contribution in [3.63, 3.8) is 0 Å². The molecule has 0 saturated carbocycles. The number of rotatable bonds is 0. The number of fused-ring (bicyclic) bond motifs is 1. The van der Waals surface area contributed by atoms with Crippen LogP contribution in [0.2, 0.25) is 0 Å². The maximum absolute atomic E-state index is 3.56. The molecule has 0 N–H and O–H groups in total. The molecule has 0 atom stereocenters. The molecule has 0 aromatic heterocycles. The zero-order valence-corrected chi connectivity index (χ0v) is 8.77. The first kappa shape index (κ1) is 8.06. The van der Waals surface area contributed by atoms with Gasteiger partial charge in [0.1, 0.15) is 0 Å². The van der Waals surface area contributed by atoms with Crippen molar-refractivity contribution in [2.45, 2.75) is 13.8 Å². The summed E-state index contributed by atoms with van der Waals surface area (Å²) in [5.74, 6) is 0. The normalized spacial score (nSPS) is 15.2. The summed E-state index contributed by atoms with van der Waals surface area (Å²) in [5, 5.41) is 0. The summed E-state index contributed by atoms with van der Waals surface area (Å²) >= 11 is 3.56. The first-order valence-electron chi connectivity index (χ1n) is 4.01. The van der Waals surface area contributed by atoms with Gasteiger partial charge < -0.3 is 0 Å². The highest BCUT2D eigenvalue weighted by Crippen LogP contribution is 2.37. The van der Waals surface area contributed by atoms with Gasteiger partial charge in [-0.05, 0) is 36.6 Å². The molecular formula is C11H10Br. The van der Waals surface area contributed by atoms with E-state index in [-0.39, 0.29) is 0 Å². The minimum atomic E-state index is 1.20. The minimum absolute atomic E-state index is 1.20. The first-order chi connectivity index (χ1) is 5.70. The Balaban J connectivity index is 2.67. The average molecular weight is 222 g/mol. The molecule has 2 rings (SSSR count). The second-order valence-electron chi connectivity index (χ2n) is 3.16. The number of allylic oxidation sites excluding steroid dienone is 2. The largest absolute Gasteiger partial charge is 0.0613 e. The summed E-state index contributed by atoms with van der Waals surface area (Å²) in [7, 11) is 0. The van der Waals surface area contributed by atoms with Crippen LogP contribution in [-0.4, -0.2) is 0 Å². The molecule has 1 aromatic carbocycles. The summed E-state index contributed by atoms with van der Waals surface area (Å²) in [5.41, 5.74) is 5.45. The van der Waals surface area contributed by atoms with Crippen LogP contribution in [0.3, 0.4) is 0 Å². The molecule has 0 fully saturated rings. The van der Waals surface area contributed by atoms with Gasteiger partial charge in [0.25, 0.3) is 0 Å². The maximum atomic E-state index is 3.56. The Labute approximate surface area is 81.4 Å². The van der Waals surface area contributed by atoms with Gasteiger partial charge in [-0.3, -0.25) is 0 Å². The Morgan fingerprint density at radius 2 is 1.92 bits per heavy atom. The molecule has 0 nitrogen and oxygen atoms in total. The van der Waals surface area contributed by atoms with Crippen LogP contribution < -0.4 is 0 Å². The minimum Gasteiger partial charge on any atom is -0.0613 e. The van der Waals surface area contributed by atoms with Gasteiger partial charge in [-0.15, -0.1) is 0 Å². The molecule has 1 aliphatic carbocycles. The third-order valence-corrected chi connectivity index (χ3v) is 3.05. The van der Waals surface area contributed by atoms with Crippen molar-refractivity contribution in [2.75, 3.05) is 0 Å². The van der Waals surface area contributed by atoms with Crippen molar-refractivity contribution < 1.29 is 0 Å². The van der Waals surface area contributed by atoms with Crippen LogP contribution in [0.1, 0.15) is 25.0 Å². The highest BCUT2D eigenvalue weighted by molar-refractivity contribution is 9.10. The highest BCUT2D eigenvalue weighted by Gasteiger charge is 2.17. The lowest BCUT2D eigenvalue weighted by molar-refractivity contribution is 1.44. The van der Waals surface area contributed by atoms with E-state index in [4.69, 9.17) is 0 Å². The fourth-order valence-electron chi connectivity index (χ4n) is 1.60. The quantitative estimate of drug-likeness (QED) is 0.626. The molecule has 0 unspecified atom stereocenters. The van der Waals surface area contributed by atoms with E-state index in [2.05, 4.69) is 54.4 Å². The number of halogens is 1.